The van der Waals surface area contributed by atoms with Gasteiger partial charge in [-0.15, -0.1) is 0 Å². The second-order valence-electron chi connectivity index (χ2n) is 4.14. The Labute approximate surface area is 100 Å². The quantitative estimate of drug-likeness (QED) is 0.577. The first-order valence-electron chi connectivity index (χ1n) is 6.20. The van der Waals surface area contributed by atoms with Crippen LogP contribution in [0, 0.1) is 0 Å². The van der Waals surface area contributed by atoms with E-state index in [1.165, 1.54) is 0 Å². The Hall–Kier alpha value is -0.130. The zero-order valence-corrected chi connectivity index (χ0v) is 11.6. The van der Waals surface area contributed by atoms with Gasteiger partial charge in [0.15, 0.2) is 0 Å². The Morgan fingerprint density at radius 1 is 1.19 bits per heavy atom. The van der Waals surface area contributed by atoms with Crippen molar-refractivity contribution >= 4 is 10.0 Å². The fourth-order valence-corrected chi connectivity index (χ4v) is 3.10. The van der Waals surface area contributed by atoms with E-state index >= 15 is 0 Å². The Kier molecular flexibility index (Phi) is 8.89. The standard InChI is InChI=1S/C11H26N2O2S/c1-4-8-11(5-2)13-16(14,15)10-7-6-9-12-3/h11-13H,4-10H2,1-3H3. The Balaban J connectivity index is 3.92. The maximum atomic E-state index is 11.7. The van der Waals surface area contributed by atoms with Gasteiger partial charge < -0.3 is 5.32 Å². The van der Waals surface area contributed by atoms with Gasteiger partial charge in [-0.2, -0.15) is 0 Å². The third-order valence-corrected chi connectivity index (χ3v) is 4.08. The number of nitrogens with one attached hydrogen (secondary N) is 2. The molecule has 0 amide bonds. The Bertz CT molecular complexity index is 253. The molecule has 0 aliphatic heterocycles. The molecule has 0 aliphatic carbocycles. The molecule has 98 valence electrons. The molecule has 1 atom stereocenters. The minimum absolute atomic E-state index is 0.110. The fraction of sp³-hybridized carbons (Fsp3) is 1.00. The fourth-order valence-electron chi connectivity index (χ4n) is 1.60. The van der Waals surface area contributed by atoms with Crippen molar-refractivity contribution in [1.29, 1.82) is 0 Å². The normalized spacial score (nSPS) is 13.9. The van der Waals surface area contributed by atoms with Crippen molar-refractivity contribution in [3.05, 3.63) is 0 Å². The monoisotopic (exact) mass is 250 g/mol. The first kappa shape index (κ1) is 15.9. The van der Waals surface area contributed by atoms with Crippen LogP contribution in [0.2, 0.25) is 0 Å². The molecule has 0 saturated carbocycles. The highest BCUT2D eigenvalue weighted by Crippen LogP contribution is 2.04. The van der Waals surface area contributed by atoms with E-state index < -0.39 is 10.0 Å². The summed E-state index contributed by atoms with van der Waals surface area (Å²) in [7, 11) is -1.20. The van der Waals surface area contributed by atoms with Crippen molar-refractivity contribution in [3.63, 3.8) is 0 Å². The molecular weight excluding hydrogens is 224 g/mol. The molecule has 5 heteroatoms. The van der Waals surface area contributed by atoms with Crippen molar-refractivity contribution in [1.82, 2.24) is 10.0 Å². The van der Waals surface area contributed by atoms with Crippen LogP contribution in [0.25, 0.3) is 0 Å². The Morgan fingerprint density at radius 2 is 1.88 bits per heavy atom. The molecule has 0 radical (unpaired) electrons. The molecule has 1 unspecified atom stereocenters. The van der Waals surface area contributed by atoms with E-state index in [1.807, 2.05) is 14.0 Å². The lowest BCUT2D eigenvalue weighted by Crippen LogP contribution is -2.36. The van der Waals surface area contributed by atoms with Crippen LogP contribution in [-0.4, -0.2) is 33.8 Å². The first-order chi connectivity index (χ1) is 7.55. The number of unbranched alkanes of at least 4 members (excludes halogenated alkanes) is 1. The minimum atomic E-state index is -3.07. The summed E-state index contributed by atoms with van der Waals surface area (Å²) in [6.45, 7) is 4.97. The lowest BCUT2D eigenvalue weighted by atomic mass is 10.1. The summed E-state index contributed by atoms with van der Waals surface area (Å²) in [5.74, 6) is 0.245. The van der Waals surface area contributed by atoms with Crippen LogP contribution in [-0.2, 0) is 10.0 Å². The van der Waals surface area contributed by atoms with Crippen LogP contribution in [0.4, 0.5) is 0 Å². The highest BCUT2D eigenvalue weighted by molar-refractivity contribution is 7.89. The van der Waals surface area contributed by atoms with Crippen molar-refractivity contribution in [2.75, 3.05) is 19.3 Å². The molecule has 0 heterocycles. The molecule has 0 aromatic carbocycles. The van der Waals surface area contributed by atoms with Crippen molar-refractivity contribution in [3.8, 4) is 0 Å². The van der Waals surface area contributed by atoms with E-state index in [0.717, 1.165) is 38.6 Å². The summed E-state index contributed by atoms with van der Waals surface area (Å²) in [5.41, 5.74) is 0. The van der Waals surface area contributed by atoms with Crippen molar-refractivity contribution < 1.29 is 8.42 Å². The first-order valence-corrected chi connectivity index (χ1v) is 7.85. The van der Waals surface area contributed by atoms with E-state index in [2.05, 4.69) is 17.0 Å². The minimum Gasteiger partial charge on any atom is -0.320 e. The molecule has 0 rings (SSSR count). The summed E-state index contributed by atoms with van der Waals surface area (Å²) < 4.78 is 26.2. The number of hydrogen-bond donors (Lipinski definition) is 2. The van der Waals surface area contributed by atoms with Crippen LogP contribution < -0.4 is 10.0 Å². The Morgan fingerprint density at radius 3 is 2.38 bits per heavy atom. The zero-order valence-electron chi connectivity index (χ0n) is 10.8. The van der Waals surface area contributed by atoms with E-state index in [-0.39, 0.29) is 11.8 Å². The topological polar surface area (TPSA) is 58.2 Å². The number of hydrogen-bond acceptors (Lipinski definition) is 3. The predicted molar refractivity (Wildman–Crippen MR) is 69.1 cm³/mol. The molecular formula is C11H26N2O2S. The third-order valence-electron chi connectivity index (χ3n) is 2.57. The van der Waals surface area contributed by atoms with Gasteiger partial charge in [-0.05, 0) is 39.3 Å². The lowest BCUT2D eigenvalue weighted by Gasteiger charge is -2.16. The molecule has 0 fully saturated rings. The maximum Gasteiger partial charge on any atom is 0.211 e. The van der Waals surface area contributed by atoms with Crippen LogP contribution in [0.5, 0.6) is 0 Å². The second-order valence-corrected chi connectivity index (χ2v) is 6.01. The molecule has 0 aliphatic rings. The lowest BCUT2D eigenvalue weighted by molar-refractivity contribution is 0.510. The molecule has 0 aromatic heterocycles. The van der Waals surface area contributed by atoms with Gasteiger partial charge in [-0.1, -0.05) is 20.3 Å². The summed E-state index contributed by atoms with van der Waals surface area (Å²) in [6.07, 6.45) is 4.43. The van der Waals surface area contributed by atoms with Crippen LogP contribution >= 0.6 is 0 Å². The maximum absolute atomic E-state index is 11.7. The van der Waals surface area contributed by atoms with E-state index in [0.29, 0.717) is 0 Å². The zero-order chi connectivity index (χ0) is 12.4. The van der Waals surface area contributed by atoms with E-state index in [9.17, 15) is 8.42 Å². The molecule has 0 spiro atoms. The summed E-state index contributed by atoms with van der Waals surface area (Å²) in [6, 6.07) is 0.110. The van der Waals surface area contributed by atoms with Gasteiger partial charge in [0.1, 0.15) is 0 Å². The van der Waals surface area contributed by atoms with Gasteiger partial charge in [-0.3, -0.25) is 0 Å². The molecule has 0 saturated heterocycles. The molecule has 0 bridgehead atoms. The summed E-state index contributed by atoms with van der Waals surface area (Å²) in [4.78, 5) is 0. The highest BCUT2D eigenvalue weighted by atomic mass is 32.2. The van der Waals surface area contributed by atoms with Crippen LogP contribution in [0.1, 0.15) is 46.0 Å². The van der Waals surface area contributed by atoms with E-state index in [4.69, 9.17) is 0 Å². The number of rotatable bonds is 10. The molecule has 0 aromatic rings. The SMILES string of the molecule is CCCC(CC)NS(=O)(=O)CCCCNC. The summed E-state index contributed by atoms with van der Waals surface area (Å²) >= 11 is 0. The largest absolute Gasteiger partial charge is 0.320 e. The predicted octanol–water partition coefficient (Wildman–Crippen LogP) is 1.48. The van der Waals surface area contributed by atoms with E-state index in [1.54, 1.807) is 0 Å². The van der Waals surface area contributed by atoms with Gasteiger partial charge in [0.25, 0.3) is 0 Å². The molecule has 16 heavy (non-hydrogen) atoms. The third kappa shape index (κ3) is 8.07. The second kappa shape index (κ2) is 8.96. The van der Waals surface area contributed by atoms with Gasteiger partial charge >= 0.3 is 0 Å². The van der Waals surface area contributed by atoms with Gasteiger partial charge in [0, 0.05) is 6.04 Å². The molecule has 2 N–H and O–H groups in total. The smallest absolute Gasteiger partial charge is 0.211 e. The summed E-state index contributed by atoms with van der Waals surface area (Å²) in [5, 5.41) is 3.01. The number of sulfonamides is 1. The highest BCUT2D eigenvalue weighted by Gasteiger charge is 2.15. The average molecular weight is 250 g/mol. The molecule has 4 nitrogen and oxygen atoms in total. The van der Waals surface area contributed by atoms with Gasteiger partial charge in [0.05, 0.1) is 5.75 Å². The van der Waals surface area contributed by atoms with Crippen molar-refractivity contribution in [2.24, 2.45) is 0 Å². The van der Waals surface area contributed by atoms with Crippen LogP contribution in [0.15, 0.2) is 0 Å². The van der Waals surface area contributed by atoms with Gasteiger partial charge in [0.2, 0.25) is 10.0 Å². The van der Waals surface area contributed by atoms with Gasteiger partial charge in [-0.25, -0.2) is 13.1 Å². The van der Waals surface area contributed by atoms with Crippen LogP contribution in [0.3, 0.4) is 0 Å². The average Bonchev–Trinajstić information content (AvgIpc) is 2.23. The van der Waals surface area contributed by atoms with Crippen molar-refractivity contribution in [2.45, 2.75) is 52.0 Å².